The van der Waals surface area contributed by atoms with Crippen molar-refractivity contribution in [1.29, 1.82) is 0 Å². The molecule has 0 saturated carbocycles. The Bertz CT molecular complexity index is 1240. The minimum absolute atomic E-state index is 0.0745. The number of amides is 1. The van der Waals surface area contributed by atoms with E-state index in [0.29, 0.717) is 11.7 Å². The number of para-hydroxylation sites is 1. The van der Waals surface area contributed by atoms with Crippen molar-refractivity contribution in [2.24, 2.45) is 0 Å². The second-order valence-electron chi connectivity index (χ2n) is 9.15. The first-order valence-corrected chi connectivity index (χ1v) is 12.4. The molecule has 0 radical (unpaired) electrons. The molecule has 2 heterocycles. The van der Waals surface area contributed by atoms with Gasteiger partial charge in [-0.3, -0.25) is 9.36 Å². The molecule has 176 valence electrons. The van der Waals surface area contributed by atoms with Crippen molar-refractivity contribution in [2.45, 2.75) is 51.2 Å². The zero-order valence-electron chi connectivity index (χ0n) is 20.0. The maximum absolute atomic E-state index is 12.7. The number of hydrogen-bond acceptors (Lipinski definition) is 5. The molecule has 0 bridgehead atoms. The van der Waals surface area contributed by atoms with Gasteiger partial charge in [0, 0.05) is 11.3 Å². The van der Waals surface area contributed by atoms with Gasteiger partial charge in [0.1, 0.15) is 5.76 Å². The molecule has 0 aliphatic heterocycles. The molecule has 0 atom stereocenters. The van der Waals surface area contributed by atoms with Gasteiger partial charge in [-0.05, 0) is 41.2 Å². The van der Waals surface area contributed by atoms with E-state index < -0.39 is 0 Å². The third-order valence-corrected chi connectivity index (χ3v) is 6.59. The Kier molecular flexibility index (Phi) is 7.22. The van der Waals surface area contributed by atoms with Gasteiger partial charge in [0.05, 0.1) is 18.6 Å². The van der Waals surface area contributed by atoms with Crippen molar-refractivity contribution in [2.75, 3.05) is 11.1 Å². The predicted molar refractivity (Wildman–Crippen MR) is 137 cm³/mol. The molecule has 0 aliphatic rings. The predicted octanol–water partition coefficient (Wildman–Crippen LogP) is 6.18. The summed E-state index contributed by atoms with van der Waals surface area (Å²) in [6.45, 7) is 9.14. The van der Waals surface area contributed by atoms with Crippen molar-refractivity contribution < 1.29 is 9.21 Å². The maximum atomic E-state index is 12.7. The average molecular weight is 475 g/mol. The number of thioether (sulfide) groups is 1. The van der Waals surface area contributed by atoms with Crippen molar-refractivity contribution in [3.63, 3.8) is 0 Å². The molecule has 0 unspecified atom stereocenters. The number of nitrogens with zero attached hydrogens (tertiary/aromatic N) is 3. The lowest BCUT2D eigenvalue weighted by molar-refractivity contribution is -0.113. The minimum atomic E-state index is -0.0745. The van der Waals surface area contributed by atoms with Crippen LogP contribution in [-0.4, -0.2) is 26.4 Å². The van der Waals surface area contributed by atoms with Gasteiger partial charge >= 0.3 is 0 Å². The van der Waals surface area contributed by atoms with Gasteiger partial charge < -0.3 is 9.73 Å². The van der Waals surface area contributed by atoms with Gasteiger partial charge in [0.15, 0.2) is 11.0 Å². The fourth-order valence-corrected chi connectivity index (χ4v) is 4.43. The van der Waals surface area contributed by atoms with Gasteiger partial charge in [-0.25, -0.2) is 0 Å². The van der Waals surface area contributed by atoms with E-state index in [0.717, 1.165) is 34.8 Å². The molecule has 1 N–H and O–H groups in total. The van der Waals surface area contributed by atoms with Crippen molar-refractivity contribution in [3.8, 4) is 11.4 Å². The number of furan rings is 1. The Hall–Kier alpha value is -3.32. The van der Waals surface area contributed by atoms with Gasteiger partial charge in [-0.2, -0.15) is 0 Å². The normalized spacial score (nSPS) is 11.5. The Labute approximate surface area is 204 Å². The van der Waals surface area contributed by atoms with E-state index in [-0.39, 0.29) is 17.1 Å². The summed E-state index contributed by atoms with van der Waals surface area (Å²) in [5.41, 5.74) is 4.27. The Morgan fingerprint density at radius 2 is 1.79 bits per heavy atom. The van der Waals surface area contributed by atoms with E-state index in [1.165, 1.54) is 17.3 Å². The van der Waals surface area contributed by atoms with E-state index in [1.807, 2.05) is 41.0 Å². The highest BCUT2D eigenvalue weighted by atomic mass is 32.2. The van der Waals surface area contributed by atoms with E-state index >= 15 is 0 Å². The van der Waals surface area contributed by atoms with Crippen LogP contribution in [0, 0.1) is 0 Å². The quantitative estimate of drug-likeness (QED) is 0.309. The number of aromatic nitrogens is 3. The lowest BCUT2D eigenvalue weighted by Gasteiger charge is -2.19. The average Bonchev–Trinajstić information content (AvgIpc) is 3.48. The lowest BCUT2D eigenvalue weighted by Crippen LogP contribution is -2.16. The monoisotopic (exact) mass is 474 g/mol. The molecular formula is C27H30N4O2S. The minimum Gasteiger partial charge on any atom is -0.467 e. The van der Waals surface area contributed by atoms with Crippen LogP contribution in [0.3, 0.4) is 0 Å². The first-order valence-electron chi connectivity index (χ1n) is 11.4. The molecule has 1 amide bonds. The molecule has 4 rings (SSSR count). The largest absolute Gasteiger partial charge is 0.467 e. The molecule has 0 aliphatic carbocycles. The van der Waals surface area contributed by atoms with E-state index in [1.54, 1.807) is 6.26 Å². The summed E-state index contributed by atoms with van der Waals surface area (Å²) in [6, 6.07) is 20.1. The molecule has 7 heteroatoms. The maximum Gasteiger partial charge on any atom is 0.234 e. The number of anilines is 1. The van der Waals surface area contributed by atoms with Gasteiger partial charge in [0.25, 0.3) is 0 Å². The Morgan fingerprint density at radius 1 is 1.03 bits per heavy atom. The third kappa shape index (κ3) is 5.59. The number of rotatable bonds is 8. The lowest BCUT2D eigenvalue weighted by atomic mass is 9.87. The van der Waals surface area contributed by atoms with Crippen LogP contribution in [0.15, 0.2) is 76.5 Å². The SMILES string of the molecule is CCc1ccccc1NC(=O)CSc1nnc(-c2ccc(C(C)(C)C)cc2)n1Cc1ccco1. The highest BCUT2D eigenvalue weighted by molar-refractivity contribution is 7.99. The van der Waals surface area contributed by atoms with Crippen LogP contribution in [0.2, 0.25) is 0 Å². The Morgan fingerprint density at radius 3 is 2.47 bits per heavy atom. The zero-order valence-corrected chi connectivity index (χ0v) is 20.9. The van der Waals surface area contributed by atoms with Crippen molar-refractivity contribution in [1.82, 2.24) is 14.8 Å². The second kappa shape index (κ2) is 10.3. The molecular weight excluding hydrogens is 444 g/mol. The number of nitrogens with one attached hydrogen (secondary N) is 1. The molecule has 6 nitrogen and oxygen atoms in total. The first kappa shape index (κ1) is 23.8. The zero-order chi connectivity index (χ0) is 24.1. The molecule has 0 fully saturated rings. The number of hydrogen-bond donors (Lipinski definition) is 1. The summed E-state index contributed by atoms with van der Waals surface area (Å²) in [5, 5.41) is 12.6. The van der Waals surface area contributed by atoms with Crippen molar-refractivity contribution >= 4 is 23.4 Å². The van der Waals surface area contributed by atoms with Crippen LogP contribution in [0.25, 0.3) is 11.4 Å². The summed E-state index contributed by atoms with van der Waals surface area (Å²) < 4.78 is 7.58. The third-order valence-electron chi connectivity index (χ3n) is 5.62. The summed E-state index contributed by atoms with van der Waals surface area (Å²) in [4.78, 5) is 12.7. The van der Waals surface area contributed by atoms with Crippen LogP contribution in [0.5, 0.6) is 0 Å². The van der Waals surface area contributed by atoms with Gasteiger partial charge in [-0.15, -0.1) is 10.2 Å². The number of carbonyl (C=O) groups is 1. The topological polar surface area (TPSA) is 73.0 Å². The fourth-order valence-electron chi connectivity index (χ4n) is 3.70. The van der Waals surface area contributed by atoms with E-state index in [2.05, 4.69) is 67.5 Å². The smallest absolute Gasteiger partial charge is 0.234 e. The van der Waals surface area contributed by atoms with Gasteiger partial charge in [0.2, 0.25) is 5.91 Å². The number of benzene rings is 2. The summed E-state index contributed by atoms with van der Waals surface area (Å²) >= 11 is 1.37. The van der Waals surface area contributed by atoms with E-state index in [4.69, 9.17) is 4.42 Å². The van der Waals surface area contributed by atoms with Crippen LogP contribution in [-0.2, 0) is 23.2 Å². The molecule has 0 saturated heterocycles. The van der Waals surface area contributed by atoms with E-state index in [9.17, 15) is 4.79 Å². The van der Waals surface area contributed by atoms with Gasteiger partial charge in [-0.1, -0.05) is 81.9 Å². The fraction of sp³-hybridized carbons (Fsp3) is 0.296. The summed E-state index contributed by atoms with van der Waals surface area (Å²) in [5.74, 6) is 1.71. The van der Waals surface area contributed by atoms with Crippen LogP contribution < -0.4 is 5.32 Å². The van der Waals surface area contributed by atoms with Crippen LogP contribution in [0.1, 0.15) is 44.6 Å². The molecule has 34 heavy (non-hydrogen) atoms. The van der Waals surface area contributed by atoms with Crippen LogP contribution in [0.4, 0.5) is 5.69 Å². The molecule has 2 aromatic carbocycles. The highest BCUT2D eigenvalue weighted by Gasteiger charge is 2.19. The Balaban J connectivity index is 1.55. The molecule has 2 aromatic heterocycles. The summed E-state index contributed by atoms with van der Waals surface area (Å²) in [7, 11) is 0. The standard InChI is InChI=1S/C27H30N4O2S/c1-5-19-9-6-7-11-23(19)28-24(32)18-34-26-30-29-25(31(26)17-22-10-8-16-33-22)20-12-14-21(15-13-20)27(2,3)4/h6-16H,5,17-18H2,1-4H3,(H,28,32). The van der Waals surface area contributed by atoms with Crippen LogP contribution >= 0.6 is 11.8 Å². The number of carbonyl (C=O) groups excluding carboxylic acids is 1. The summed E-state index contributed by atoms with van der Waals surface area (Å²) in [6.07, 6.45) is 2.52. The van der Waals surface area contributed by atoms with Crippen molar-refractivity contribution in [3.05, 3.63) is 83.8 Å². The molecule has 0 spiro atoms. The first-order chi connectivity index (χ1) is 16.3. The highest BCUT2D eigenvalue weighted by Crippen LogP contribution is 2.28. The second-order valence-corrected chi connectivity index (χ2v) is 10.1. The molecule has 4 aromatic rings. The number of aryl methyl sites for hydroxylation is 1.